The Labute approximate surface area is 125 Å². The van der Waals surface area contributed by atoms with Crippen molar-refractivity contribution in [3.63, 3.8) is 0 Å². The smallest absolute Gasteiger partial charge is 0.228 e. The summed E-state index contributed by atoms with van der Waals surface area (Å²) in [5.41, 5.74) is 3.07. The van der Waals surface area contributed by atoms with Crippen molar-refractivity contribution in [2.45, 2.75) is 6.42 Å². The number of fused-ring (bicyclic) bond motifs is 2. The maximum Gasteiger partial charge on any atom is 0.228 e. The molecule has 0 saturated carbocycles. The summed E-state index contributed by atoms with van der Waals surface area (Å²) >= 11 is 1.58. The molecule has 1 aliphatic heterocycles. The van der Waals surface area contributed by atoms with Crippen LogP contribution in [0.5, 0.6) is 0 Å². The fourth-order valence-electron chi connectivity index (χ4n) is 2.68. The number of carbonyl (C=O) groups is 2. The van der Waals surface area contributed by atoms with E-state index in [1.165, 1.54) is 0 Å². The Kier molecular flexibility index (Phi) is 2.65. The van der Waals surface area contributed by atoms with Gasteiger partial charge in [-0.1, -0.05) is 18.2 Å². The Morgan fingerprint density at radius 2 is 2.00 bits per heavy atom. The Hall–Kier alpha value is -2.46. The summed E-state index contributed by atoms with van der Waals surface area (Å²) in [6.45, 7) is 0. The fraction of sp³-hybridized carbons (Fsp3) is 0.0588. The van der Waals surface area contributed by atoms with Crippen LogP contribution in [0.2, 0.25) is 0 Å². The molecule has 3 nitrogen and oxygen atoms in total. The topological polar surface area (TPSA) is 46.2 Å². The van der Waals surface area contributed by atoms with Gasteiger partial charge in [-0.2, -0.15) is 0 Å². The Balaban J connectivity index is 1.79. The first kappa shape index (κ1) is 12.3. The van der Waals surface area contributed by atoms with E-state index in [1.807, 2.05) is 41.8 Å². The molecule has 2 heterocycles. The summed E-state index contributed by atoms with van der Waals surface area (Å²) in [5, 5.41) is 5.67. The summed E-state index contributed by atoms with van der Waals surface area (Å²) in [4.78, 5) is 24.1. The molecule has 0 atom stereocenters. The van der Waals surface area contributed by atoms with Crippen LogP contribution in [0.3, 0.4) is 0 Å². The van der Waals surface area contributed by atoms with Crippen molar-refractivity contribution < 1.29 is 9.59 Å². The normalized spacial score (nSPS) is 13.2. The minimum Gasteiger partial charge on any atom is -0.326 e. The molecule has 4 rings (SSSR count). The van der Waals surface area contributed by atoms with Gasteiger partial charge in [-0.3, -0.25) is 9.59 Å². The number of rotatable bonds is 2. The molecule has 0 radical (unpaired) electrons. The van der Waals surface area contributed by atoms with E-state index >= 15 is 0 Å². The van der Waals surface area contributed by atoms with Gasteiger partial charge < -0.3 is 5.32 Å². The van der Waals surface area contributed by atoms with E-state index in [-0.39, 0.29) is 11.7 Å². The van der Waals surface area contributed by atoms with Crippen LogP contribution in [0, 0.1) is 0 Å². The molecule has 4 heteroatoms. The third-order valence-corrected chi connectivity index (χ3v) is 4.68. The van der Waals surface area contributed by atoms with E-state index in [9.17, 15) is 9.59 Å². The highest BCUT2D eigenvalue weighted by Gasteiger charge is 2.20. The van der Waals surface area contributed by atoms with Crippen LogP contribution in [-0.2, 0) is 11.2 Å². The van der Waals surface area contributed by atoms with Gasteiger partial charge in [0.1, 0.15) is 0 Å². The minimum atomic E-state index is -0.0180. The van der Waals surface area contributed by atoms with Crippen LogP contribution >= 0.6 is 11.3 Å². The van der Waals surface area contributed by atoms with E-state index in [0.717, 1.165) is 26.9 Å². The molecule has 0 aliphatic carbocycles. The van der Waals surface area contributed by atoms with Gasteiger partial charge in [0.2, 0.25) is 5.91 Å². The number of anilines is 1. The van der Waals surface area contributed by atoms with Crippen LogP contribution in [0.15, 0.2) is 47.8 Å². The molecular weight excluding hydrogens is 282 g/mol. The zero-order chi connectivity index (χ0) is 14.4. The molecule has 1 amide bonds. The number of benzene rings is 2. The van der Waals surface area contributed by atoms with Gasteiger partial charge in [-0.15, -0.1) is 11.3 Å². The van der Waals surface area contributed by atoms with E-state index in [0.29, 0.717) is 12.0 Å². The van der Waals surface area contributed by atoms with Gasteiger partial charge in [0.05, 0.1) is 6.42 Å². The van der Waals surface area contributed by atoms with E-state index in [4.69, 9.17) is 0 Å². The molecule has 0 fully saturated rings. The largest absolute Gasteiger partial charge is 0.326 e. The van der Waals surface area contributed by atoms with Crippen molar-refractivity contribution in [2.75, 3.05) is 5.32 Å². The predicted octanol–water partition coefficient (Wildman–Crippen LogP) is 3.63. The SMILES string of the molecule is O=C1Cc2cc(C(=O)c3csc4ccccc34)ccc2N1. The van der Waals surface area contributed by atoms with Crippen molar-refractivity contribution in [3.8, 4) is 0 Å². The first-order valence-electron chi connectivity index (χ1n) is 6.66. The number of amides is 1. The summed E-state index contributed by atoms with van der Waals surface area (Å²) in [6, 6.07) is 13.3. The third kappa shape index (κ3) is 1.96. The standard InChI is InChI=1S/C17H11NO2S/c19-16-8-11-7-10(5-6-14(11)18-16)17(20)13-9-21-15-4-2-1-3-12(13)15/h1-7,9H,8H2,(H,18,19). The first-order chi connectivity index (χ1) is 10.2. The molecular formula is C17H11NO2S. The Morgan fingerprint density at radius 1 is 1.14 bits per heavy atom. The second kappa shape index (κ2) is 4.53. The average molecular weight is 293 g/mol. The Bertz CT molecular complexity index is 895. The number of carbonyl (C=O) groups excluding carboxylic acids is 2. The van der Waals surface area contributed by atoms with Gasteiger partial charge in [0, 0.05) is 32.3 Å². The number of nitrogens with one attached hydrogen (secondary N) is 1. The lowest BCUT2D eigenvalue weighted by molar-refractivity contribution is -0.115. The second-order valence-corrected chi connectivity index (χ2v) is 5.98. The summed E-state index contributed by atoms with van der Waals surface area (Å²) in [5.74, 6) is -0.00909. The summed E-state index contributed by atoms with van der Waals surface area (Å²) < 4.78 is 1.11. The molecule has 21 heavy (non-hydrogen) atoms. The molecule has 3 aromatic rings. The van der Waals surface area contributed by atoms with Crippen LogP contribution in [0.4, 0.5) is 5.69 Å². The summed E-state index contributed by atoms with van der Waals surface area (Å²) in [7, 11) is 0. The molecule has 1 aliphatic rings. The van der Waals surface area contributed by atoms with Crippen molar-refractivity contribution in [1.29, 1.82) is 0 Å². The van der Waals surface area contributed by atoms with Crippen molar-refractivity contribution in [3.05, 3.63) is 64.5 Å². The second-order valence-electron chi connectivity index (χ2n) is 5.07. The van der Waals surface area contributed by atoms with Crippen molar-refractivity contribution >= 4 is 38.8 Å². The fourth-order valence-corrected chi connectivity index (χ4v) is 3.62. The molecule has 2 aromatic carbocycles. The Morgan fingerprint density at radius 3 is 2.90 bits per heavy atom. The highest BCUT2D eigenvalue weighted by Crippen LogP contribution is 2.29. The van der Waals surface area contributed by atoms with Gasteiger partial charge in [0.25, 0.3) is 0 Å². The average Bonchev–Trinajstić information content (AvgIpc) is 3.07. The van der Waals surface area contributed by atoms with E-state index in [2.05, 4.69) is 5.32 Å². The highest BCUT2D eigenvalue weighted by atomic mass is 32.1. The van der Waals surface area contributed by atoms with Crippen LogP contribution in [0.25, 0.3) is 10.1 Å². The lowest BCUT2D eigenvalue weighted by Gasteiger charge is -2.03. The lowest BCUT2D eigenvalue weighted by Crippen LogP contribution is -2.03. The number of hydrogen-bond acceptors (Lipinski definition) is 3. The molecule has 0 spiro atoms. The summed E-state index contributed by atoms with van der Waals surface area (Å²) in [6.07, 6.45) is 0.348. The zero-order valence-corrected chi connectivity index (χ0v) is 11.9. The number of hydrogen-bond donors (Lipinski definition) is 1. The lowest BCUT2D eigenvalue weighted by atomic mass is 10.00. The zero-order valence-electron chi connectivity index (χ0n) is 11.1. The quantitative estimate of drug-likeness (QED) is 0.733. The molecule has 0 bridgehead atoms. The van der Waals surface area contributed by atoms with Gasteiger partial charge in [-0.25, -0.2) is 0 Å². The third-order valence-electron chi connectivity index (χ3n) is 3.72. The number of thiophene rings is 1. The van der Waals surface area contributed by atoms with Crippen molar-refractivity contribution in [2.24, 2.45) is 0 Å². The van der Waals surface area contributed by atoms with Gasteiger partial charge >= 0.3 is 0 Å². The van der Waals surface area contributed by atoms with Crippen LogP contribution < -0.4 is 5.32 Å². The maximum atomic E-state index is 12.7. The van der Waals surface area contributed by atoms with Gasteiger partial charge in [-0.05, 0) is 29.8 Å². The van der Waals surface area contributed by atoms with Crippen molar-refractivity contribution in [1.82, 2.24) is 0 Å². The van der Waals surface area contributed by atoms with Gasteiger partial charge in [0.15, 0.2) is 5.78 Å². The monoisotopic (exact) mass is 293 g/mol. The highest BCUT2D eigenvalue weighted by molar-refractivity contribution is 7.17. The molecule has 0 saturated heterocycles. The predicted molar refractivity (Wildman–Crippen MR) is 84.0 cm³/mol. The minimum absolute atomic E-state index is 0.00889. The van der Waals surface area contributed by atoms with Crippen LogP contribution in [0.1, 0.15) is 21.5 Å². The maximum absolute atomic E-state index is 12.7. The first-order valence-corrected chi connectivity index (χ1v) is 7.54. The molecule has 1 aromatic heterocycles. The molecule has 0 unspecified atom stereocenters. The molecule has 1 N–H and O–H groups in total. The number of ketones is 1. The van der Waals surface area contributed by atoms with Crippen LogP contribution in [-0.4, -0.2) is 11.7 Å². The van der Waals surface area contributed by atoms with E-state index in [1.54, 1.807) is 17.4 Å². The molecule has 102 valence electrons. The van der Waals surface area contributed by atoms with E-state index < -0.39 is 0 Å².